The number of benzene rings is 1. The number of hydrogen-bond acceptors (Lipinski definition) is 2. The molecule has 1 amide bonds. The molecule has 0 spiro atoms. The van der Waals surface area contributed by atoms with E-state index < -0.39 is 11.4 Å². The van der Waals surface area contributed by atoms with Gasteiger partial charge in [0.25, 0.3) is 5.91 Å². The highest BCUT2D eigenvalue weighted by Crippen LogP contribution is 2.26. The third kappa shape index (κ3) is 2.08. The predicted molar refractivity (Wildman–Crippen MR) is 67.6 cm³/mol. The summed E-state index contributed by atoms with van der Waals surface area (Å²) >= 11 is 0. The Morgan fingerprint density at radius 2 is 2.11 bits per heavy atom. The zero-order chi connectivity index (χ0) is 13.2. The summed E-state index contributed by atoms with van der Waals surface area (Å²) in [6.45, 7) is 4.27. The SMILES string of the molecule is CCCN=C1NC(=O)C(C)(c2ccccc2F)N1. The van der Waals surface area contributed by atoms with E-state index in [0.717, 1.165) is 6.42 Å². The van der Waals surface area contributed by atoms with Crippen molar-refractivity contribution < 1.29 is 9.18 Å². The minimum absolute atomic E-state index is 0.289. The third-order valence-corrected chi connectivity index (χ3v) is 2.96. The van der Waals surface area contributed by atoms with Crippen LogP contribution >= 0.6 is 0 Å². The Morgan fingerprint density at radius 1 is 1.39 bits per heavy atom. The van der Waals surface area contributed by atoms with Crippen LogP contribution in [0.1, 0.15) is 25.8 Å². The summed E-state index contributed by atoms with van der Waals surface area (Å²) in [6.07, 6.45) is 0.886. The largest absolute Gasteiger partial charge is 0.338 e. The zero-order valence-corrected chi connectivity index (χ0v) is 10.5. The lowest BCUT2D eigenvalue weighted by atomic mass is 9.92. The molecule has 96 valence electrons. The average Bonchev–Trinajstić information content (AvgIpc) is 2.64. The molecule has 18 heavy (non-hydrogen) atoms. The van der Waals surface area contributed by atoms with Crippen LogP contribution < -0.4 is 10.6 Å². The Bertz CT molecular complexity index is 501. The normalized spacial score (nSPS) is 25.1. The topological polar surface area (TPSA) is 53.5 Å². The van der Waals surface area contributed by atoms with E-state index in [0.29, 0.717) is 18.1 Å². The standard InChI is InChI=1S/C13H16FN3O/c1-3-8-15-12-16-11(18)13(2,17-12)9-6-4-5-7-10(9)14/h4-7H,3,8H2,1-2H3,(H2,15,16,17,18). The van der Waals surface area contributed by atoms with Crippen LogP contribution in [0, 0.1) is 5.82 Å². The first-order valence-electron chi connectivity index (χ1n) is 5.97. The molecule has 1 fully saturated rings. The molecule has 2 N–H and O–H groups in total. The highest BCUT2D eigenvalue weighted by molar-refractivity contribution is 6.09. The maximum Gasteiger partial charge on any atom is 0.256 e. The molecular formula is C13H16FN3O. The highest BCUT2D eigenvalue weighted by atomic mass is 19.1. The van der Waals surface area contributed by atoms with Gasteiger partial charge in [-0.1, -0.05) is 25.1 Å². The number of guanidine groups is 1. The van der Waals surface area contributed by atoms with Gasteiger partial charge in [0.2, 0.25) is 0 Å². The van der Waals surface area contributed by atoms with E-state index in [4.69, 9.17) is 0 Å². The second kappa shape index (κ2) is 4.76. The number of halogens is 1. The van der Waals surface area contributed by atoms with E-state index in [1.54, 1.807) is 25.1 Å². The molecule has 1 aromatic carbocycles. The molecule has 1 atom stereocenters. The molecule has 0 bridgehead atoms. The summed E-state index contributed by atoms with van der Waals surface area (Å²) in [6, 6.07) is 6.25. The molecule has 1 aromatic rings. The maximum atomic E-state index is 13.8. The molecule has 4 nitrogen and oxygen atoms in total. The van der Waals surface area contributed by atoms with Crippen LogP contribution in [0.3, 0.4) is 0 Å². The van der Waals surface area contributed by atoms with Gasteiger partial charge in [0, 0.05) is 12.1 Å². The summed E-state index contributed by atoms with van der Waals surface area (Å²) < 4.78 is 13.8. The molecule has 0 radical (unpaired) electrons. The van der Waals surface area contributed by atoms with Gasteiger partial charge in [-0.05, 0) is 19.4 Å². The van der Waals surface area contributed by atoms with Crippen LogP contribution in [0.25, 0.3) is 0 Å². The quantitative estimate of drug-likeness (QED) is 0.853. The van der Waals surface area contributed by atoms with Crippen LogP contribution in [0.5, 0.6) is 0 Å². The van der Waals surface area contributed by atoms with Crippen molar-refractivity contribution in [1.29, 1.82) is 0 Å². The van der Waals surface area contributed by atoms with Crippen LogP contribution in [0.2, 0.25) is 0 Å². The molecule has 5 heteroatoms. The van der Waals surface area contributed by atoms with Crippen LogP contribution in [-0.2, 0) is 10.3 Å². The minimum atomic E-state index is -1.10. The van der Waals surface area contributed by atoms with Crippen molar-refractivity contribution in [3.8, 4) is 0 Å². The monoisotopic (exact) mass is 249 g/mol. The molecule has 1 aliphatic rings. The molecule has 0 aromatic heterocycles. The maximum absolute atomic E-state index is 13.8. The molecule has 1 unspecified atom stereocenters. The molecule has 0 aliphatic carbocycles. The van der Waals surface area contributed by atoms with Gasteiger partial charge in [-0.3, -0.25) is 15.1 Å². The fraction of sp³-hybridized carbons (Fsp3) is 0.385. The summed E-state index contributed by atoms with van der Waals surface area (Å²) in [4.78, 5) is 16.2. The summed E-state index contributed by atoms with van der Waals surface area (Å²) in [5.41, 5.74) is -0.776. The fourth-order valence-electron chi connectivity index (χ4n) is 1.92. The van der Waals surface area contributed by atoms with Crippen molar-refractivity contribution in [2.75, 3.05) is 6.54 Å². The van der Waals surface area contributed by atoms with Gasteiger partial charge in [0.1, 0.15) is 11.4 Å². The first-order valence-corrected chi connectivity index (χ1v) is 5.97. The van der Waals surface area contributed by atoms with Crippen molar-refractivity contribution in [2.45, 2.75) is 25.8 Å². The second-order valence-corrected chi connectivity index (χ2v) is 4.41. The number of hydrogen-bond donors (Lipinski definition) is 2. The van der Waals surface area contributed by atoms with E-state index in [1.165, 1.54) is 6.07 Å². The number of amides is 1. The van der Waals surface area contributed by atoms with Crippen molar-refractivity contribution in [3.63, 3.8) is 0 Å². The van der Waals surface area contributed by atoms with Gasteiger partial charge in [-0.2, -0.15) is 0 Å². The van der Waals surface area contributed by atoms with E-state index in [2.05, 4.69) is 15.6 Å². The van der Waals surface area contributed by atoms with Gasteiger partial charge < -0.3 is 5.32 Å². The Hall–Kier alpha value is -1.91. The Balaban J connectivity index is 2.33. The lowest BCUT2D eigenvalue weighted by molar-refractivity contribution is -0.123. The smallest absolute Gasteiger partial charge is 0.256 e. The van der Waals surface area contributed by atoms with Crippen molar-refractivity contribution in [1.82, 2.24) is 10.6 Å². The summed E-state index contributed by atoms with van der Waals surface area (Å²) in [7, 11) is 0. The van der Waals surface area contributed by atoms with Crippen LogP contribution in [0.15, 0.2) is 29.3 Å². The van der Waals surface area contributed by atoms with Crippen LogP contribution in [0.4, 0.5) is 4.39 Å². The lowest BCUT2D eigenvalue weighted by Gasteiger charge is -2.22. The Labute approximate surface area is 105 Å². The Kier molecular flexibility index (Phi) is 3.32. The second-order valence-electron chi connectivity index (χ2n) is 4.41. The Morgan fingerprint density at radius 3 is 2.78 bits per heavy atom. The van der Waals surface area contributed by atoms with E-state index >= 15 is 0 Å². The predicted octanol–water partition coefficient (Wildman–Crippen LogP) is 1.53. The van der Waals surface area contributed by atoms with Crippen molar-refractivity contribution >= 4 is 11.9 Å². The van der Waals surface area contributed by atoms with Gasteiger partial charge in [0.05, 0.1) is 0 Å². The first kappa shape index (κ1) is 12.5. The van der Waals surface area contributed by atoms with E-state index in [1.807, 2.05) is 6.92 Å². The molecule has 2 rings (SSSR count). The molecule has 1 heterocycles. The third-order valence-electron chi connectivity index (χ3n) is 2.96. The molecule has 1 aliphatic heterocycles. The van der Waals surface area contributed by atoms with E-state index in [-0.39, 0.29) is 5.91 Å². The molecule has 0 saturated carbocycles. The van der Waals surface area contributed by atoms with Crippen LogP contribution in [-0.4, -0.2) is 18.4 Å². The number of rotatable bonds is 3. The van der Waals surface area contributed by atoms with Gasteiger partial charge in [-0.15, -0.1) is 0 Å². The molecule has 1 saturated heterocycles. The fourth-order valence-corrected chi connectivity index (χ4v) is 1.92. The number of carbonyl (C=O) groups is 1. The van der Waals surface area contributed by atoms with E-state index in [9.17, 15) is 9.18 Å². The first-order chi connectivity index (χ1) is 8.58. The number of aliphatic imine (C=N–C) groups is 1. The number of nitrogens with one attached hydrogen (secondary N) is 2. The summed E-state index contributed by atoms with van der Waals surface area (Å²) in [5.74, 6) is -0.283. The highest BCUT2D eigenvalue weighted by Gasteiger charge is 2.43. The number of nitrogens with zero attached hydrogens (tertiary/aromatic N) is 1. The summed E-state index contributed by atoms with van der Waals surface area (Å²) in [5, 5.41) is 5.60. The van der Waals surface area contributed by atoms with Gasteiger partial charge in [-0.25, -0.2) is 4.39 Å². The zero-order valence-electron chi connectivity index (χ0n) is 10.5. The molecular weight excluding hydrogens is 233 g/mol. The van der Waals surface area contributed by atoms with Crippen molar-refractivity contribution in [2.24, 2.45) is 4.99 Å². The minimum Gasteiger partial charge on any atom is -0.338 e. The number of carbonyl (C=O) groups excluding carboxylic acids is 1. The van der Waals surface area contributed by atoms with Crippen molar-refractivity contribution in [3.05, 3.63) is 35.6 Å². The lowest BCUT2D eigenvalue weighted by Crippen LogP contribution is -2.41. The average molecular weight is 249 g/mol. The van der Waals surface area contributed by atoms with Gasteiger partial charge >= 0.3 is 0 Å². The van der Waals surface area contributed by atoms with Gasteiger partial charge in [0.15, 0.2) is 5.96 Å².